The van der Waals surface area contributed by atoms with Crippen molar-refractivity contribution in [3.05, 3.63) is 24.2 Å². The number of nitrogens with one attached hydrogen (secondary N) is 1. The van der Waals surface area contributed by atoms with Gasteiger partial charge in [-0.2, -0.15) is 0 Å². The second-order valence-corrected chi connectivity index (χ2v) is 4.77. The number of rotatable bonds is 6. The van der Waals surface area contributed by atoms with E-state index >= 15 is 0 Å². The summed E-state index contributed by atoms with van der Waals surface area (Å²) in [5, 5.41) is 3.59. The van der Waals surface area contributed by atoms with Crippen LogP contribution in [0.3, 0.4) is 0 Å². The quantitative estimate of drug-likeness (QED) is 0.610. The highest BCUT2D eigenvalue weighted by Crippen LogP contribution is 2.16. The van der Waals surface area contributed by atoms with Crippen LogP contribution < -0.4 is 5.32 Å². The highest BCUT2D eigenvalue weighted by atomic mass is 16.5. The fourth-order valence-electron chi connectivity index (χ4n) is 2.39. The summed E-state index contributed by atoms with van der Waals surface area (Å²) in [7, 11) is 0. The van der Waals surface area contributed by atoms with Crippen LogP contribution in [0.15, 0.2) is 22.8 Å². The van der Waals surface area contributed by atoms with Gasteiger partial charge in [-0.25, -0.2) is 0 Å². The Kier molecular flexibility index (Phi) is 5.59. The summed E-state index contributed by atoms with van der Waals surface area (Å²) < 4.78 is 10.7. The first-order valence-electron chi connectivity index (χ1n) is 6.78. The second kappa shape index (κ2) is 7.51. The summed E-state index contributed by atoms with van der Waals surface area (Å²) in [5.41, 5.74) is 0. The maximum absolute atomic E-state index is 5.54. The van der Waals surface area contributed by atoms with Crippen molar-refractivity contribution in [2.24, 2.45) is 0 Å². The standard InChI is InChI=1S/C14H23NO2/c1-2-4-7-13(6-3-1)15-9-11-16-12-14-8-5-10-17-14/h5,8,10,13,15H,1-4,6-7,9,11-12H2. The highest BCUT2D eigenvalue weighted by Gasteiger charge is 2.10. The predicted molar refractivity (Wildman–Crippen MR) is 67.9 cm³/mol. The van der Waals surface area contributed by atoms with Gasteiger partial charge in [0.15, 0.2) is 0 Å². The molecular weight excluding hydrogens is 214 g/mol. The number of furan rings is 1. The van der Waals surface area contributed by atoms with Gasteiger partial charge in [0, 0.05) is 12.6 Å². The molecule has 0 unspecified atom stereocenters. The van der Waals surface area contributed by atoms with Crippen molar-refractivity contribution in [3.63, 3.8) is 0 Å². The first-order chi connectivity index (χ1) is 8.45. The summed E-state index contributed by atoms with van der Waals surface area (Å²) in [4.78, 5) is 0. The zero-order valence-corrected chi connectivity index (χ0v) is 10.5. The molecule has 17 heavy (non-hydrogen) atoms. The van der Waals surface area contributed by atoms with Crippen molar-refractivity contribution >= 4 is 0 Å². The summed E-state index contributed by atoms with van der Waals surface area (Å²) >= 11 is 0. The van der Waals surface area contributed by atoms with Gasteiger partial charge in [-0.3, -0.25) is 0 Å². The van der Waals surface area contributed by atoms with Crippen LogP contribution >= 0.6 is 0 Å². The summed E-state index contributed by atoms with van der Waals surface area (Å²) in [6, 6.07) is 4.55. The van der Waals surface area contributed by atoms with Crippen molar-refractivity contribution in [1.29, 1.82) is 0 Å². The molecule has 0 aromatic carbocycles. The Bertz CT molecular complexity index is 276. The van der Waals surface area contributed by atoms with Gasteiger partial charge in [-0.15, -0.1) is 0 Å². The minimum Gasteiger partial charge on any atom is -0.467 e. The van der Waals surface area contributed by atoms with Crippen LogP contribution in [0, 0.1) is 0 Å². The second-order valence-electron chi connectivity index (χ2n) is 4.77. The lowest BCUT2D eigenvalue weighted by Crippen LogP contribution is -2.31. The molecule has 1 aliphatic rings. The predicted octanol–water partition coefficient (Wildman–Crippen LogP) is 3.11. The monoisotopic (exact) mass is 237 g/mol. The molecule has 0 radical (unpaired) electrons. The summed E-state index contributed by atoms with van der Waals surface area (Å²) in [5.74, 6) is 0.902. The normalized spacial score (nSPS) is 18.1. The van der Waals surface area contributed by atoms with Crippen LogP contribution in [-0.2, 0) is 11.3 Å². The Balaban J connectivity index is 1.50. The molecule has 0 spiro atoms. The van der Waals surface area contributed by atoms with E-state index in [0.29, 0.717) is 12.6 Å². The lowest BCUT2D eigenvalue weighted by atomic mass is 10.1. The molecule has 1 fully saturated rings. The van der Waals surface area contributed by atoms with E-state index in [0.717, 1.165) is 18.9 Å². The molecule has 1 N–H and O–H groups in total. The topological polar surface area (TPSA) is 34.4 Å². The van der Waals surface area contributed by atoms with Crippen molar-refractivity contribution in [3.8, 4) is 0 Å². The number of hydrogen-bond donors (Lipinski definition) is 1. The Morgan fingerprint density at radius 2 is 2.06 bits per heavy atom. The molecule has 1 aromatic rings. The van der Waals surface area contributed by atoms with E-state index in [-0.39, 0.29) is 0 Å². The maximum atomic E-state index is 5.54. The Hall–Kier alpha value is -0.800. The molecule has 3 heteroatoms. The minimum atomic E-state index is 0.583. The first kappa shape index (κ1) is 12.7. The van der Waals surface area contributed by atoms with Crippen molar-refractivity contribution in [1.82, 2.24) is 5.32 Å². The zero-order chi connectivity index (χ0) is 11.8. The fraction of sp³-hybridized carbons (Fsp3) is 0.714. The molecule has 1 aromatic heterocycles. The SMILES string of the molecule is c1coc(COCCNC2CCCCCC2)c1. The number of ether oxygens (including phenoxy) is 1. The lowest BCUT2D eigenvalue weighted by Gasteiger charge is -2.15. The highest BCUT2D eigenvalue weighted by molar-refractivity contribution is 4.95. The molecule has 2 rings (SSSR count). The van der Waals surface area contributed by atoms with Crippen LogP contribution in [0.2, 0.25) is 0 Å². The Labute approximate surface area is 104 Å². The van der Waals surface area contributed by atoms with Crippen LogP contribution in [0.5, 0.6) is 0 Å². The Morgan fingerprint density at radius 3 is 2.76 bits per heavy atom. The van der Waals surface area contributed by atoms with Gasteiger partial charge in [-0.05, 0) is 25.0 Å². The van der Waals surface area contributed by atoms with Crippen LogP contribution in [0.1, 0.15) is 44.3 Å². The smallest absolute Gasteiger partial charge is 0.129 e. The van der Waals surface area contributed by atoms with E-state index in [1.54, 1.807) is 6.26 Å². The fourth-order valence-corrected chi connectivity index (χ4v) is 2.39. The van der Waals surface area contributed by atoms with E-state index in [1.165, 1.54) is 38.5 Å². The molecule has 1 heterocycles. The minimum absolute atomic E-state index is 0.583. The van der Waals surface area contributed by atoms with Gasteiger partial charge < -0.3 is 14.5 Å². The molecule has 0 saturated heterocycles. The van der Waals surface area contributed by atoms with Gasteiger partial charge in [0.05, 0.1) is 12.9 Å². The third-order valence-electron chi connectivity index (χ3n) is 3.36. The van der Waals surface area contributed by atoms with Gasteiger partial charge in [0.25, 0.3) is 0 Å². The maximum Gasteiger partial charge on any atom is 0.129 e. The third-order valence-corrected chi connectivity index (χ3v) is 3.36. The molecule has 0 atom stereocenters. The van der Waals surface area contributed by atoms with Gasteiger partial charge in [-0.1, -0.05) is 25.7 Å². The van der Waals surface area contributed by atoms with Gasteiger partial charge >= 0.3 is 0 Å². The molecule has 3 nitrogen and oxygen atoms in total. The van der Waals surface area contributed by atoms with Crippen LogP contribution in [-0.4, -0.2) is 19.2 Å². The molecule has 1 aliphatic carbocycles. The van der Waals surface area contributed by atoms with Gasteiger partial charge in [0.2, 0.25) is 0 Å². The molecule has 96 valence electrons. The first-order valence-corrected chi connectivity index (χ1v) is 6.78. The van der Waals surface area contributed by atoms with Gasteiger partial charge in [0.1, 0.15) is 12.4 Å². The van der Waals surface area contributed by atoms with E-state index in [1.807, 2.05) is 12.1 Å². The average molecular weight is 237 g/mol. The largest absolute Gasteiger partial charge is 0.467 e. The average Bonchev–Trinajstić information content (AvgIpc) is 2.72. The number of hydrogen-bond acceptors (Lipinski definition) is 3. The van der Waals surface area contributed by atoms with E-state index in [9.17, 15) is 0 Å². The van der Waals surface area contributed by atoms with Crippen molar-refractivity contribution < 1.29 is 9.15 Å². The zero-order valence-electron chi connectivity index (χ0n) is 10.5. The van der Waals surface area contributed by atoms with Crippen LogP contribution in [0.25, 0.3) is 0 Å². The lowest BCUT2D eigenvalue weighted by molar-refractivity contribution is 0.106. The molecular formula is C14H23NO2. The Morgan fingerprint density at radius 1 is 1.24 bits per heavy atom. The summed E-state index contributed by atoms with van der Waals surface area (Å²) in [6.07, 6.45) is 9.93. The molecule has 0 amide bonds. The van der Waals surface area contributed by atoms with Crippen molar-refractivity contribution in [2.75, 3.05) is 13.2 Å². The van der Waals surface area contributed by atoms with E-state index in [2.05, 4.69) is 5.32 Å². The van der Waals surface area contributed by atoms with E-state index < -0.39 is 0 Å². The molecule has 1 saturated carbocycles. The third kappa shape index (κ3) is 4.92. The molecule has 0 aliphatic heterocycles. The van der Waals surface area contributed by atoms with E-state index in [4.69, 9.17) is 9.15 Å². The molecule has 0 bridgehead atoms. The summed E-state index contributed by atoms with van der Waals surface area (Å²) in [6.45, 7) is 2.29. The van der Waals surface area contributed by atoms with Crippen molar-refractivity contribution in [2.45, 2.75) is 51.2 Å². The van der Waals surface area contributed by atoms with Crippen LogP contribution in [0.4, 0.5) is 0 Å².